The van der Waals surface area contributed by atoms with Gasteiger partial charge in [0.1, 0.15) is 0 Å². The number of aliphatic hydroxyl groups is 4. The molecule has 0 bridgehead atoms. The van der Waals surface area contributed by atoms with Crippen LogP contribution in [-0.2, 0) is 9.59 Å². The van der Waals surface area contributed by atoms with Gasteiger partial charge in [-0.25, -0.2) is 0 Å². The number of unbranched alkanes of at least 4 members (excludes halogenated alkanes) is 27. The molecule has 0 heterocycles. The molecule has 0 fully saturated rings. The van der Waals surface area contributed by atoms with Gasteiger partial charge in [0.25, 0.3) is 0 Å². The van der Waals surface area contributed by atoms with E-state index in [1.54, 1.807) is 0 Å². The Kier molecular flexibility index (Phi) is 51.0. The fourth-order valence-electron chi connectivity index (χ4n) is 9.06. The highest BCUT2D eigenvalue weighted by molar-refractivity contribution is 8.13. The van der Waals surface area contributed by atoms with E-state index in [2.05, 4.69) is 30.6 Å². The van der Waals surface area contributed by atoms with Gasteiger partial charge in [-0.1, -0.05) is 218 Å². The first-order chi connectivity index (χ1) is 32.1. The lowest BCUT2D eigenvalue weighted by Gasteiger charge is -2.27. The Morgan fingerprint density at radius 2 is 0.636 bits per heavy atom. The van der Waals surface area contributed by atoms with Crippen LogP contribution in [0, 0.1) is 0 Å². The molecule has 0 saturated carbocycles. The maximum atomic E-state index is 12.6. The summed E-state index contributed by atoms with van der Waals surface area (Å²) in [6.07, 6.45) is 41.4. The Morgan fingerprint density at radius 3 is 0.939 bits per heavy atom. The van der Waals surface area contributed by atoms with Gasteiger partial charge in [0.15, 0.2) is 10.2 Å². The summed E-state index contributed by atoms with van der Waals surface area (Å²) >= 11 is 2.92. The summed E-state index contributed by atoms with van der Waals surface area (Å²) < 4.78 is 0. The average molecular weight is 974 g/mol. The first kappa shape index (κ1) is 65.8. The molecule has 0 rings (SSSR count). The molecule has 0 radical (unpaired) electrons. The quantitative estimate of drug-likeness (QED) is 0.0438. The fourth-order valence-corrected chi connectivity index (χ4v) is 10.8. The van der Waals surface area contributed by atoms with Crippen molar-refractivity contribution in [3.8, 4) is 0 Å². The molecule has 0 aromatic carbocycles. The SMILES string of the molecule is CCCCCCCCCCC(O)CN(CCCCSC(=O)CCCCCCCC(=O)SCCCCN(CC(O)CCCCCCCCCC)CC(O)CCCCCCCCCC)CC(C)O. The molecule has 0 aliphatic rings. The minimum absolute atomic E-state index is 0.274. The third-order valence-corrected chi connectivity index (χ3v) is 15.2. The third kappa shape index (κ3) is 48.8. The van der Waals surface area contributed by atoms with E-state index in [4.69, 9.17) is 0 Å². The molecule has 4 atom stereocenters. The normalized spacial score (nSPS) is 13.8. The first-order valence-electron chi connectivity index (χ1n) is 28.6. The van der Waals surface area contributed by atoms with Gasteiger partial charge >= 0.3 is 0 Å². The van der Waals surface area contributed by atoms with Crippen molar-refractivity contribution in [3.63, 3.8) is 0 Å². The van der Waals surface area contributed by atoms with Gasteiger partial charge in [-0.2, -0.15) is 0 Å². The van der Waals surface area contributed by atoms with Crippen LogP contribution in [0.5, 0.6) is 0 Å². The predicted octanol–water partition coefficient (Wildman–Crippen LogP) is 14.5. The fraction of sp³-hybridized carbons (Fsp3) is 0.964. The number of carbonyl (C=O) groups is 2. The van der Waals surface area contributed by atoms with Crippen molar-refractivity contribution < 1.29 is 30.0 Å². The number of carbonyl (C=O) groups excluding carboxylic acids is 2. The van der Waals surface area contributed by atoms with Gasteiger partial charge in [-0.05, 0) is 77.8 Å². The summed E-state index contributed by atoms with van der Waals surface area (Å²) in [4.78, 5) is 29.6. The number of rotatable bonds is 53. The van der Waals surface area contributed by atoms with Crippen molar-refractivity contribution >= 4 is 33.8 Å². The van der Waals surface area contributed by atoms with Crippen LogP contribution in [0.3, 0.4) is 0 Å². The Morgan fingerprint density at radius 1 is 0.364 bits per heavy atom. The molecular formula is C56H112N2O6S2. The van der Waals surface area contributed by atoms with Crippen molar-refractivity contribution in [2.45, 2.75) is 296 Å². The molecule has 0 amide bonds. The molecule has 4 unspecified atom stereocenters. The summed E-state index contributed by atoms with van der Waals surface area (Å²) in [5, 5.41) is 43.1. The first-order valence-corrected chi connectivity index (χ1v) is 30.6. The Hall–Kier alpha value is -0.200. The van der Waals surface area contributed by atoms with Crippen molar-refractivity contribution in [1.82, 2.24) is 9.80 Å². The second kappa shape index (κ2) is 51.2. The van der Waals surface area contributed by atoms with Crippen LogP contribution in [0.1, 0.15) is 272 Å². The van der Waals surface area contributed by atoms with Crippen molar-refractivity contribution in [1.29, 1.82) is 0 Å². The monoisotopic (exact) mass is 973 g/mol. The van der Waals surface area contributed by atoms with Gasteiger partial charge in [-0.15, -0.1) is 0 Å². The van der Waals surface area contributed by atoms with E-state index in [0.29, 0.717) is 39.0 Å². The highest BCUT2D eigenvalue weighted by Gasteiger charge is 2.17. The van der Waals surface area contributed by atoms with Gasteiger partial charge in [0.2, 0.25) is 0 Å². The highest BCUT2D eigenvalue weighted by Crippen LogP contribution is 2.19. The second-order valence-electron chi connectivity index (χ2n) is 20.2. The summed E-state index contributed by atoms with van der Waals surface area (Å²) in [5.74, 6) is 1.65. The van der Waals surface area contributed by atoms with Crippen LogP contribution >= 0.6 is 23.5 Å². The van der Waals surface area contributed by atoms with E-state index in [1.807, 2.05) is 6.92 Å². The predicted molar refractivity (Wildman–Crippen MR) is 290 cm³/mol. The molecule has 0 saturated heterocycles. The van der Waals surface area contributed by atoms with Crippen LogP contribution in [0.25, 0.3) is 0 Å². The Balaban J connectivity index is 4.20. The molecule has 4 N–H and O–H groups in total. The summed E-state index contributed by atoms with van der Waals surface area (Å²) in [6.45, 7) is 12.7. The largest absolute Gasteiger partial charge is 0.392 e. The molecule has 10 heteroatoms. The van der Waals surface area contributed by atoms with Crippen LogP contribution in [-0.4, -0.2) is 116 Å². The molecule has 0 aromatic rings. The number of aliphatic hydroxyl groups excluding tert-OH is 4. The topological polar surface area (TPSA) is 122 Å². The van der Waals surface area contributed by atoms with E-state index >= 15 is 0 Å². The van der Waals surface area contributed by atoms with Gasteiger partial charge in [-0.3, -0.25) is 19.4 Å². The molecule has 8 nitrogen and oxygen atoms in total. The lowest BCUT2D eigenvalue weighted by molar-refractivity contribution is -0.111. The van der Waals surface area contributed by atoms with Crippen molar-refractivity contribution in [2.75, 3.05) is 50.8 Å². The van der Waals surface area contributed by atoms with Gasteiger partial charge < -0.3 is 20.4 Å². The van der Waals surface area contributed by atoms with E-state index < -0.39 is 6.10 Å². The Bertz CT molecular complexity index is 997. The van der Waals surface area contributed by atoms with Crippen LogP contribution in [0.15, 0.2) is 0 Å². The summed E-state index contributed by atoms with van der Waals surface area (Å²) in [5.41, 5.74) is 0. The number of nitrogens with zero attached hydrogens (tertiary/aromatic N) is 2. The minimum Gasteiger partial charge on any atom is -0.392 e. The van der Waals surface area contributed by atoms with Crippen LogP contribution in [0.2, 0.25) is 0 Å². The molecule has 0 spiro atoms. The molecule has 0 aliphatic heterocycles. The van der Waals surface area contributed by atoms with E-state index in [9.17, 15) is 30.0 Å². The zero-order chi connectivity index (χ0) is 48.6. The zero-order valence-electron chi connectivity index (χ0n) is 44.2. The molecule has 66 heavy (non-hydrogen) atoms. The average Bonchev–Trinajstić information content (AvgIpc) is 3.28. The maximum Gasteiger partial charge on any atom is 0.188 e. The maximum absolute atomic E-state index is 12.6. The Labute approximate surface area is 418 Å². The van der Waals surface area contributed by atoms with Crippen LogP contribution in [0.4, 0.5) is 0 Å². The molecule has 0 aromatic heterocycles. The zero-order valence-corrected chi connectivity index (χ0v) is 45.8. The van der Waals surface area contributed by atoms with Gasteiger partial charge in [0, 0.05) is 50.5 Å². The van der Waals surface area contributed by atoms with Gasteiger partial charge in [0.05, 0.1) is 24.4 Å². The van der Waals surface area contributed by atoms with E-state index in [-0.39, 0.29) is 28.5 Å². The molecular weight excluding hydrogens is 861 g/mol. The van der Waals surface area contributed by atoms with Crippen molar-refractivity contribution in [2.24, 2.45) is 0 Å². The lowest BCUT2D eigenvalue weighted by Crippen LogP contribution is -2.38. The third-order valence-electron chi connectivity index (χ3n) is 13.1. The number of thioether (sulfide) groups is 2. The van der Waals surface area contributed by atoms with E-state index in [0.717, 1.165) is 121 Å². The van der Waals surface area contributed by atoms with E-state index in [1.165, 1.54) is 158 Å². The second-order valence-corrected chi connectivity index (χ2v) is 22.5. The molecule has 0 aliphatic carbocycles. The lowest BCUT2D eigenvalue weighted by atomic mass is 10.0. The smallest absolute Gasteiger partial charge is 0.188 e. The summed E-state index contributed by atoms with van der Waals surface area (Å²) in [7, 11) is 0. The number of hydrogen-bond acceptors (Lipinski definition) is 10. The minimum atomic E-state index is -0.421. The van der Waals surface area contributed by atoms with Crippen LogP contribution < -0.4 is 0 Å². The van der Waals surface area contributed by atoms with Crippen molar-refractivity contribution in [3.05, 3.63) is 0 Å². The highest BCUT2D eigenvalue weighted by atomic mass is 32.2. The standard InChI is InChI=1S/C56H112N2O6S2/c1-5-8-11-14-17-20-24-29-38-52(60)48-57(47-51(4)59)43-34-36-45-65-55(63)41-32-27-23-28-33-42-56(64)66-46-37-35-44-58(49-53(61)39-30-25-21-18-15-12-9-6-2)50-54(62)40-31-26-22-19-16-13-10-7-3/h51-54,59-62H,5-50H2,1-4H3. The summed E-state index contributed by atoms with van der Waals surface area (Å²) in [6, 6.07) is 0. The number of hydrogen-bond donors (Lipinski definition) is 4. The molecule has 394 valence electrons.